The van der Waals surface area contributed by atoms with Gasteiger partial charge in [-0.25, -0.2) is 9.97 Å². The Morgan fingerprint density at radius 2 is 2.25 bits per heavy atom. The molecule has 20 heavy (non-hydrogen) atoms. The predicted octanol–water partition coefficient (Wildman–Crippen LogP) is 4.18. The molecule has 0 saturated carbocycles. The number of fused-ring (bicyclic) bond motifs is 1. The van der Waals surface area contributed by atoms with E-state index in [4.69, 9.17) is 20.8 Å². The van der Waals surface area contributed by atoms with E-state index >= 15 is 0 Å². The minimum absolute atomic E-state index is 0.491. The topological polar surface area (TPSA) is 48.2 Å². The van der Waals surface area contributed by atoms with Crippen molar-refractivity contribution in [3.63, 3.8) is 0 Å². The molecule has 0 aliphatic rings. The Hall–Kier alpha value is -1.72. The number of pyridine rings is 1. The van der Waals surface area contributed by atoms with Gasteiger partial charge in [0.25, 0.3) is 5.22 Å². The van der Waals surface area contributed by atoms with Crippen LogP contribution >= 0.6 is 23.4 Å². The summed E-state index contributed by atoms with van der Waals surface area (Å²) >= 11 is 7.71. The van der Waals surface area contributed by atoms with Crippen LogP contribution in [0.15, 0.2) is 46.4 Å². The molecule has 2 aromatic heterocycles. The van der Waals surface area contributed by atoms with Gasteiger partial charge in [0.05, 0.1) is 18.8 Å². The number of halogens is 1. The van der Waals surface area contributed by atoms with Crippen LogP contribution in [-0.4, -0.2) is 17.1 Å². The van der Waals surface area contributed by atoms with Crippen molar-refractivity contribution < 1.29 is 9.15 Å². The molecule has 0 saturated heterocycles. The predicted molar refractivity (Wildman–Crippen MR) is 79.4 cm³/mol. The molecule has 2 heterocycles. The third-order valence-corrected chi connectivity index (χ3v) is 4.04. The van der Waals surface area contributed by atoms with Gasteiger partial charge in [-0.1, -0.05) is 23.4 Å². The van der Waals surface area contributed by atoms with Crippen molar-refractivity contribution in [1.29, 1.82) is 0 Å². The number of nitrogens with zero attached hydrogens (tertiary/aromatic N) is 2. The Balaban J connectivity index is 1.89. The number of rotatable bonds is 4. The molecular weight excluding hydrogens is 296 g/mol. The van der Waals surface area contributed by atoms with E-state index < -0.39 is 0 Å². The molecule has 0 fully saturated rings. The average molecular weight is 307 g/mol. The molecule has 0 radical (unpaired) electrons. The fraction of sp³-hybridized carbons (Fsp3) is 0.143. The Kier molecular flexibility index (Phi) is 3.80. The monoisotopic (exact) mass is 306 g/mol. The van der Waals surface area contributed by atoms with Crippen LogP contribution < -0.4 is 4.74 Å². The molecule has 0 spiro atoms. The fourth-order valence-electron chi connectivity index (χ4n) is 1.82. The second-order valence-corrected chi connectivity index (χ2v) is 5.37. The van der Waals surface area contributed by atoms with Gasteiger partial charge in [-0.2, -0.15) is 0 Å². The summed E-state index contributed by atoms with van der Waals surface area (Å²) in [7, 11) is 1.63. The molecule has 102 valence electrons. The van der Waals surface area contributed by atoms with Crippen LogP contribution in [0.1, 0.15) is 5.56 Å². The summed E-state index contributed by atoms with van der Waals surface area (Å²) in [5.41, 5.74) is 1.77. The third kappa shape index (κ3) is 2.73. The number of ether oxygens (including phenoxy) is 1. The number of aromatic nitrogens is 2. The minimum atomic E-state index is 0.491. The van der Waals surface area contributed by atoms with Crippen LogP contribution in [0.4, 0.5) is 0 Å². The van der Waals surface area contributed by atoms with Crippen LogP contribution in [-0.2, 0) is 5.75 Å². The van der Waals surface area contributed by atoms with Gasteiger partial charge in [-0.3, -0.25) is 0 Å². The van der Waals surface area contributed by atoms with Gasteiger partial charge in [-0.05, 0) is 18.2 Å². The van der Waals surface area contributed by atoms with Crippen molar-refractivity contribution in [2.75, 3.05) is 7.11 Å². The van der Waals surface area contributed by atoms with Gasteiger partial charge in [-0.15, -0.1) is 0 Å². The molecular formula is C14H11ClN2O2S. The molecule has 0 unspecified atom stereocenters. The van der Waals surface area contributed by atoms with Crippen LogP contribution in [0, 0.1) is 0 Å². The maximum Gasteiger partial charge on any atom is 0.255 e. The number of oxazole rings is 1. The van der Waals surface area contributed by atoms with Crippen LogP contribution in [0.2, 0.25) is 5.15 Å². The molecule has 6 heteroatoms. The lowest BCUT2D eigenvalue weighted by Crippen LogP contribution is -1.90. The molecule has 4 nitrogen and oxygen atoms in total. The van der Waals surface area contributed by atoms with E-state index in [1.54, 1.807) is 19.6 Å². The first-order chi connectivity index (χ1) is 9.76. The smallest absolute Gasteiger partial charge is 0.255 e. The molecule has 0 aliphatic carbocycles. The summed E-state index contributed by atoms with van der Waals surface area (Å²) in [4.78, 5) is 8.47. The molecule has 3 aromatic rings. The molecule has 0 aliphatic heterocycles. The summed E-state index contributed by atoms with van der Waals surface area (Å²) < 4.78 is 10.4. The van der Waals surface area contributed by atoms with Crippen molar-refractivity contribution in [1.82, 2.24) is 9.97 Å². The van der Waals surface area contributed by atoms with Crippen LogP contribution in [0.25, 0.3) is 10.9 Å². The maximum absolute atomic E-state index is 6.22. The van der Waals surface area contributed by atoms with E-state index in [0.717, 1.165) is 22.2 Å². The molecule has 0 bridgehead atoms. The highest BCUT2D eigenvalue weighted by Gasteiger charge is 2.08. The summed E-state index contributed by atoms with van der Waals surface area (Å²) in [6, 6.07) is 7.77. The van der Waals surface area contributed by atoms with Crippen molar-refractivity contribution >= 4 is 34.3 Å². The SMILES string of the molecule is COc1ccc2cc(CSc3ncco3)c(Cl)nc2c1. The van der Waals surface area contributed by atoms with Gasteiger partial charge in [0.1, 0.15) is 17.2 Å². The van der Waals surface area contributed by atoms with E-state index in [-0.39, 0.29) is 0 Å². The highest BCUT2D eigenvalue weighted by molar-refractivity contribution is 7.98. The Labute approximate surface area is 125 Å². The molecule has 0 atom stereocenters. The summed E-state index contributed by atoms with van der Waals surface area (Å²) in [5, 5.41) is 2.14. The number of hydrogen-bond donors (Lipinski definition) is 0. The minimum Gasteiger partial charge on any atom is -0.497 e. The standard InChI is InChI=1S/C14H11ClN2O2S/c1-18-11-3-2-9-6-10(13(15)17-12(9)7-11)8-20-14-16-4-5-19-14/h2-7H,8H2,1H3. The Morgan fingerprint density at radius 1 is 1.35 bits per heavy atom. The van der Waals surface area contributed by atoms with Crippen LogP contribution in [0.5, 0.6) is 5.75 Å². The van der Waals surface area contributed by atoms with Gasteiger partial charge >= 0.3 is 0 Å². The summed E-state index contributed by atoms with van der Waals surface area (Å²) in [5.74, 6) is 1.43. The molecule has 3 rings (SSSR count). The molecule has 1 aromatic carbocycles. The van der Waals surface area contributed by atoms with Gasteiger partial charge < -0.3 is 9.15 Å². The van der Waals surface area contributed by atoms with E-state index in [1.165, 1.54) is 11.8 Å². The molecule has 0 N–H and O–H groups in total. The second-order valence-electron chi connectivity index (χ2n) is 4.08. The van der Waals surface area contributed by atoms with E-state index in [0.29, 0.717) is 16.1 Å². The fourth-order valence-corrected chi connectivity index (χ4v) is 2.87. The Bertz CT molecular complexity index is 731. The number of benzene rings is 1. The maximum atomic E-state index is 6.22. The highest BCUT2D eigenvalue weighted by atomic mass is 35.5. The normalized spacial score (nSPS) is 10.9. The first kappa shape index (κ1) is 13.3. The van der Waals surface area contributed by atoms with E-state index in [1.807, 2.05) is 24.3 Å². The molecule has 0 amide bonds. The zero-order valence-electron chi connectivity index (χ0n) is 10.7. The third-order valence-electron chi connectivity index (χ3n) is 2.81. The quantitative estimate of drug-likeness (QED) is 0.534. The lowest BCUT2D eigenvalue weighted by atomic mass is 10.1. The van der Waals surface area contributed by atoms with E-state index in [2.05, 4.69) is 9.97 Å². The number of hydrogen-bond acceptors (Lipinski definition) is 5. The van der Waals surface area contributed by atoms with Crippen molar-refractivity contribution in [2.45, 2.75) is 11.0 Å². The van der Waals surface area contributed by atoms with Crippen molar-refractivity contribution in [2.24, 2.45) is 0 Å². The van der Waals surface area contributed by atoms with Gasteiger partial charge in [0, 0.05) is 22.8 Å². The average Bonchev–Trinajstić information content (AvgIpc) is 2.97. The second kappa shape index (κ2) is 5.73. The van der Waals surface area contributed by atoms with E-state index in [9.17, 15) is 0 Å². The number of thioether (sulfide) groups is 1. The first-order valence-corrected chi connectivity index (χ1v) is 7.28. The lowest BCUT2D eigenvalue weighted by Gasteiger charge is -2.06. The van der Waals surface area contributed by atoms with Crippen molar-refractivity contribution in [3.8, 4) is 5.75 Å². The first-order valence-electron chi connectivity index (χ1n) is 5.92. The van der Waals surface area contributed by atoms with Crippen molar-refractivity contribution in [3.05, 3.63) is 47.4 Å². The summed E-state index contributed by atoms with van der Waals surface area (Å²) in [6.07, 6.45) is 3.17. The largest absolute Gasteiger partial charge is 0.497 e. The van der Waals surface area contributed by atoms with Gasteiger partial charge in [0.15, 0.2) is 0 Å². The van der Waals surface area contributed by atoms with Gasteiger partial charge in [0.2, 0.25) is 0 Å². The number of methoxy groups -OCH3 is 1. The van der Waals surface area contributed by atoms with Crippen LogP contribution in [0.3, 0.4) is 0 Å². The zero-order chi connectivity index (χ0) is 13.9. The summed E-state index contributed by atoms with van der Waals surface area (Å²) in [6.45, 7) is 0. The highest BCUT2D eigenvalue weighted by Crippen LogP contribution is 2.28. The zero-order valence-corrected chi connectivity index (χ0v) is 12.2. The lowest BCUT2D eigenvalue weighted by molar-refractivity contribution is 0.415. The Morgan fingerprint density at radius 3 is 3.00 bits per heavy atom.